The normalized spacial score (nSPS) is 14.8. The van der Waals surface area contributed by atoms with Gasteiger partial charge in [0.15, 0.2) is 0 Å². The van der Waals surface area contributed by atoms with Crippen LogP contribution in [0.2, 0.25) is 0 Å². The number of nitriles is 1. The van der Waals surface area contributed by atoms with Crippen molar-refractivity contribution >= 4 is 5.97 Å². The van der Waals surface area contributed by atoms with Crippen molar-refractivity contribution < 1.29 is 20.1 Å². The van der Waals surface area contributed by atoms with Gasteiger partial charge in [0.1, 0.15) is 0 Å². The summed E-state index contributed by atoms with van der Waals surface area (Å²) >= 11 is 0. The Labute approximate surface area is 69.9 Å². The zero-order valence-electron chi connectivity index (χ0n) is 6.47. The smallest absolute Gasteiger partial charge is 0.305 e. The van der Waals surface area contributed by atoms with Crippen LogP contribution in [0, 0.1) is 11.3 Å². The molecule has 68 valence electrons. The molecule has 0 aliphatic carbocycles. The quantitative estimate of drug-likeness (QED) is 0.519. The fourth-order valence-electron chi connectivity index (χ4n) is 0.788. The average molecular weight is 173 g/mol. The van der Waals surface area contributed by atoms with Gasteiger partial charge in [0, 0.05) is 6.42 Å². The summed E-state index contributed by atoms with van der Waals surface area (Å²) in [7, 11) is 0. The van der Waals surface area contributed by atoms with Gasteiger partial charge in [-0.05, 0) is 0 Å². The van der Waals surface area contributed by atoms with Crippen LogP contribution in [-0.4, -0.2) is 33.5 Å². The van der Waals surface area contributed by atoms with E-state index in [0.29, 0.717) is 0 Å². The first-order chi connectivity index (χ1) is 5.56. The van der Waals surface area contributed by atoms with E-state index in [-0.39, 0.29) is 12.8 Å². The zero-order valence-corrected chi connectivity index (χ0v) is 6.47. The number of aliphatic hydroxyl groups is 2. The van der Waals surface area contributed by atoms with Crippen LogP contribution >= 0.6 is 0 Å². The molecule has 12 heavy (non-hydrogen) atoms. The maximum absolute atomic E-state index is 10.0. The first-order valence-corrected chi connectivity index (χ1v) is 3.51. The van der Waals surface area contributed by atoms with Crippen molar-refractivity contribution in [2.75, 3.05) is 0 Å². The molecule has 5 nitrogen and oxygen atoms in total. The monoisotopic (exact) mass is 173 g/mol. The van der Waals surface area contributed by atoms with Gasteiger partial charge in [-0.3, -0.25) is 4.79 Å². The predicted octanol–water partition coefficient (Wildman–Crippen LogP) is -0.513. The molecule has 0 bridgehead atoms. The van der Waals surface area contributed by atoms with Crippen LogP contribution in [0.5, 0.6) is 0 Å². The van der Waals surface area contributed by atoms with Gasteiger partial charge in [0.05, 0.1) is 31.1 Å². The number of aliphatic hydroxyl groups excluding tert-OH is 2. The van der Waals surface area contributed by atoms with Gasteiger partial charge in [0.2, 0.25) is 0 Å². The largest absolute Gasteiger partial charge is 0.481 e. The van der Waals surface area contributed by atoms with Crippen LogP contribution in [0.15, 0.2) is 0 Å². The minimum Gasteiger partial charge on any atom is -0.481 e. The number of aliphatic carboxylic acids is 1. The van der Waals surface area contributed by atoms with E-state index < -0.39 is 24.6 Å². The third-order valence-electron chi connectivity index (χ3n) is 1.28. The van der Waals surface area contributed by atoms with Crippen molar-refractivity contribution in [2.24, 2.45) is 0 Å². The average Bonchev–Trinajstić information content (AvgIpc) is 1.84. The lowest BCUT2D eigenvalue weighted by Gasteiger charge is -2.10. The van der Waals surface area contributed by atoms with Crippen LogP contribution in [0.1, 0.15) is 19.3 Å². The minimum atomic E-state index is -1.12. The van der Waals surface area contributed by atoms with Crippen molar-refractivity contribution in [2.45, 2.75) is 31.5 Å². The molecule has 2 atom stereocenters. The standard InChI is InChI=1S/C7H11NO4/c8-2-1-5(9)3-6(10)4-7(11)12/h5-6,9-10H,1,3-4H2,(H,11,12)/t5-,6-/m1/s1. The van der Waals surface area contributed by atoms with Crippen molar-refractivity contribution in [3.63, 3.8) is 0 Å². The summed E-state index contributed by atoms with van der Waals surface area (Å²) in [6, 6.07) is 1.72. The lowest BCUT2D eigenvalue weighted by Crippen LogP contribution is -2.20. The minimum absolute atomic E-state index is 0.0696. The van der Waals surface area contributed by atoms with Crippen LogP contribution < -0.4 is 0 Å². The molecule has 0 saturated heterocycles. The topological polar surface area (TPSA) is 102 Å². The van der Waals surface area contributed by atoms with Gasteiger partial charge < -0.3 is 15.3 Å². The summed E-state index contributed by atoms with van der Waals surface area (Å²) in [4.78, 5) is 10.0. The molecule has 0 aromatic rings. The SMILES string of the molecule is N#CC[C@@H](O)C[C@@H](O)CC(=O)O. The van der Waals surface area contributed by atoms with Crippen molar-refractivity contribution in [1.29, 1.82) is 5.26 Å². The Morgan fingerprint density at radius 2 is 2.00 bits per heavy atom. The summed E-state index contributed by atoms with van der Waals surface area (Å²) in [6.45, 7) is 0. The zero-order chi connectivity index (χ0) is 9.56. The second kappa shape index (κ2) is 5.52. The first kappa shape index (κ1) is 10.9. The van der Waals surface area contributed by atoms with Crippen molar-refractivity contribution in [1.82, 2.24) is 0 Å². The molecule has 0 spiro atoms. The maximum Gasteiger partial charge on any atom is 0.305 e. The molecule has 0 saturated carbocycles. The third-order valence-corrected chi connectivity index (χ3v) is 1.28. The summed E-state index contributed by atoms with van der Waals surface area (Å²) < 4.78 is 0. The van der Waals surface area contributed by atoms with Gasteiger partial charge >= 0.3 is 5.97 Å². The van der Waals surface area contributed by atoms with Crippen LogP contribution in [-0.2, 0) is 4.79 Å². The van der Waals surface area contributed by atoms with Crippen LogP contribution in [0.4, 0.5) is 0 Å². The number of carboxylic acid groups (broad SMARTS) is 1. The summed E-state index contributed by atoms with van der Waals surface area (Å²) in [5.41, 5.74) is 0. The fourth-order valence-corrected chi connectivity index (χ4v) is 0.788. The summed E-state index contributed by atoms with van der Waals surface area (Å²) in [5.74, 6) is -1.12. The predicted molar refractivity (Wildman–Crippen MR) is 39.1 cm³/mol. The Bertz CT molecular complexity index is 186. The van der Waals surface area contributed by atoms with E-state index in [1.165, 1.54) is 0 Å². The molecule has 0 aliphatic heterocycles. The highest BCUT2D eigenvalue weighted by Crippen LogP contribution is 2.04. The van der Waals surface area contributed by atoms with E-state index in [4.69, 9.17) is 20.6 Å². The number of hydrogen-bond donors (Lipinski definition) is 3. The Morgan fingerprint density at radius 3 is 2.42 bits per heavy atom. The molecule has 3 N–H and O–H groups in total. The van der Waals surface area contributed by atoms with E-state index in [9.17, 15) is 4.79 Å². The highest BCUT2D eigenvalue weighted by Gasteiger charge is 2.14. The van der Waals surface area contributed by atoms with Crippen molar-refractivity contribution in [3.8, 4) is 6.07 Å². The number of nitrogens with zero attached hydrogens (tertiary/aromatic N) is 1. The van der Waals surface area contributed by atoms with Gasteiger partial charge in [-0.25, -0.2) is 0 Å². The molecule has 5 heteroatoms. The van der Waals surface area contributed by atoms with Gasteiger partial charge in [-0.1, -0.05) is 0 Å². The van der Waals surface area contributed by atoms with Gasteiger partial charge in [-0.15, -0.1) is 0 Å². The lowest BCUT2D eigenvalue weighted by atomic mass is 10.1. The number of carbonyl (C=O) groups is 1. The number of rotatable bonds is 5. The molecule has 0 unspecified atom stereocenters. The maximum atomic E-state index is 10.0. The van der Waals surface area contributed by atoms with Crippen LogP contribution in [0.3, 0.4) is 0 Å². The molecule has 0 heterocycles. The van der Waals surface area contributed by atoms with E-state index in [2.05, 4.69) is 0 Å². The molecule has 0 aromatic heterocycles. The van der Waals surface area contributed by atoms with Gasteiger partial charge in [0.25, 0.3) is 0 Å². The molecule has 0 fully saturated rings. The Balaban J connectivity index is 3.62. The second-order valence-electron chi connectivity index (χ2n) is 2.50. The highest BCUT2D eigenvalue weighted by molar-refractivity contribution is 5.67. The highest BCUT2D eigenvalue weighted by atomic mass is 16.4. The molecular formula is C7H11NO4. The Kier molecular flexibility index (Phi) is 5.00. The van der Waals surface area contributed by atoms with E-state index >= 15 is 0 Å². The molecule has 0 amide bonds. The third kappa shape index (κ3) is 5.65. The van der Waals surface area contributed by atoms with Crippen LogP contribution in [0.25, 0.3) is 0 Å². The fraction of sp³-hybridized carbons (Fsp3) is 0.714. The molecular weight excluding hydrogens is 162 g/mol. The van der Waals surface area contributed by atoms with Crippen molar-refractivity contribution in [3.05, 3.63) is 0 Å². The van der Waals surface area contributed by atoms with E-state index in [1.807, 2.05) is 0 Å². The summed E-state index contributed by atoms with van der Waals surface area (Å²) in [6.07, 6.45) is -2.57. The number of carboxylic acids is 1. The first-order valence-electron chi connectivity index (χ1n) is 3.51. The molecule has 0 radical (unpaired) electrons. The lowest BCUT2D eigenvalue weighted by molar-refractivity contribution is -0.139. The molecule has 0 aromatic carbocycles. The summed E-state index contributed by atoms with van der Waals surface area (Å²) in [5, 5.41) is 34.3. The van der Waals surface area contributed by atoms with E-state index in [0.717, 1.165) is 0 Å². The second-order valence-corrected chi connectivity index (χ2v) is 2.50. The van der Waals surface area contributed by atoms with E-state index in [1.54, 1.807) is 6.07 Å². The number of hydrogen-bond acceptors (Lipinski definition) is 4. The van der Waals surface area contributed by atoms with Gasteiger partial charge in [-0.2, -0.15) is 5.26 Å². The Hall–Kier alpha value is -1.12. The molecule has 0 aliphatic rings. The molecule has 0 rings (SSSR count). The Morgan fingerprint density at radius 1 is 1.42 bits per heavy atom.